The van der Waals surface area contributed by atoms with Crippen molar-refractivity contribution in [2.24, 2.45) is 5.73 Å². The second kappa shape index (κ2) is 8.52. The van der Waals surface area contributed by atoms with Gasteiger partial charge in [-0.05, 0) is 18.4 Å². The maximum absolute atomic E-state index is 12.0. The van der Waals surface area contributed by atoms with E-state index in [0.29, 0.717) is 31.5 Å². The van der Waals surface area contributed by atoms with Gasteiger partial charge in [-0.25, -0.2) is 4.79 Å². The van der Waals surface area contributed by atoms with Crippen LogP contribution in [0.3, 0.4) is 0 Å². The van der Waals surface area contributed by atoms with Gasteiger partial charge in [-0.3, -0.25) is 10.1 Å². The van der Waals surface area contributed by atoms with Crippen LogP contribution in [0.15, 0.2) is 21.9 Å². The number of nitrogens with zero attached hydrogens (tertiary/aromatic N) is 2. The van der Waals surface area contributed by atoms with Gasteiger partial charge in [0, 0.05) is 7.11 Å². The van der Waals surface area contributed by atoms with Crippen LogP contribution in [0, 0.1) is 0 Å². The number of aromatic nitrogens is 2. The third-order valence-corrected chi connectivity index (χ3v) is 4.31. The smallest absolute Gasteiger partial charge is 0.319 e. The van der Waals surface area contributed by atoms with E-state index in [4.69, 9.17) is 14.9 Å². The van der Waals surface area contributed by atoms with Crippen LogP contribution < -0.4 is 16.0 Å². The summed E-state index contributed by atoms with van der Waals surface area (Å²) in [5, 5.41) is 12.1. The largest absolute Gasteiger partial charge is 0.414 e. The number of carbonyl (C=O) groups is 2. The fourth-order valence-corrected chi connectivity index (χ4v) is 2.77. The zero-order chi connectivity index (χ0) is 17.5. The van der Waals surface area contributed by atoms with Gasteiger partial charge in [-0.15, -0.1) is 21.5 Å². The van der Waals surface area contributed by atoms with Crippen molar-refractivity contribution < 1.29 is 23.6 Å². The third kappa shape index (κ3) is 4.85. The molecule has 9 nitrogen and oxygen atoms in total. The van der Waals surface area contributed by atoms with Crippen LogP contribution in [0.5, 0.6) is 0 Å². The van der Waals surface area contributed by atoms with Crippen LogP contribution in [-0.2, 0) is 16.1 Å². The molecule has 2 aromatic heterocycles. The number of primary amides is 1. The first kappa shape index (κ1) is 18.0. The van der Waals surface area contributed by atoms with E-state index in [1.165, 1.54) is 11.3 Å². The zero-order valence-electron chi connectivity index (χ0n) is 13.4. The number of nitrogens with two attached hydrogens (primary N) is 1. The van der Waals surface area contributed by atoms with E-state index in [1.54, 1.807) is 14.0 Å². The van der Waals surface area contributed by atoms with Crippen molar-refractivity contribution in [2.45, 2.75) is 19.5 Å². The molecule has 0 aliphatic carbocycles. The van der Waals surface area contributed by atoms with Gasteiger partial charge in [0.1, 0.15) is 6.54 Å². The standard InChI is InChI=1S/C14H19N5O4S/c1-9(12(20)16-14(15)21)19(5-6-22-2)8-11-17-18-13(23-11)10-4-3-7-24-10/h3-4,7,9H,5-6,8H2,1-2H3,(H3,15,16,20,21)/p+1/t9-/m0/s1. The van der Waals surface area contributed by atoms with E-state index in [-0.39, 0.29) is 0 Å². The Bertz CT molecular complexity index is 673. The number of amides is 3. The summed E-state index contributed by atoms with van der Waals surface area (Å²) in [7, 11) is 1.58. The van der Waals surface area contributed by atoms with Crippen LogP contribution in [0.25, 0.3) is 10.8 Å². The first-order valence-corrected chi connectivity index (χ1v) is 8.19. The SMILES string of the molecule is COCC[NH+](Cc1nnc(-c2cccs2)o1)[C@@H](C)C(=O)NC(N)=O. The number of rotatable bonds is 8. The fraction of sp³-hybridized carbons (Fsp3) is 0.429. The predicted octanol–water partition coefficient (Wildman–Crippen LogP) is -0.587. The van der Waals surface area contributed by atoms with E-state index in [0.717, 1.165) is 9.78 Å². The fourth-order valence-electron chi connectivity index (χ4n) is 2.13. The molecule has 1 unspecified atom stereocenters. The summed E-state index contributed by atoms with van der Waals surface area (Å²) >= 11 is 1.50. The number of carbonyl (C=O) groups excluding carboxylic acids is 2. The van der Waals surface area contributed by atoms with Gasteiger partial charge in [0.05, 0.1) is 11.5 Å². The number of methoxy groups -OCH3 is 1. The van der Waals surface area contributed by atoms with E-state index < -0.39 is 18.0 Å². The van der Waals surface area contributed by atoms with Crippen LogP contribution in [0.4, 0.5) is 4.79 Å². The summed E-state index contributed by atoms with van der Waals surface area (Å²) in [6.45, 7) is 2.99. The van der Waals surface area contributed by atoms with E-state index in [2.05, 4.69) is 15.5 Å². The van der Waals surface area contributed by atoms with Crippen molar-refractivity contribution in [1.82, 2.24) is 15.5 Å². The average molecular weight is 354 g/mol. The lowest BCUT2D eigenvalue weighted by molar-refractivity contribution is -0.929. The highest BCUT2D eigenvalue weighted by atomic mass is 32.1. The molecular formula is C14H20N5O4S+. The summed E-state index contributed by atoms with van der Waals surface area (Å²) < 4.78 is 10.7. The molecule has 0 saturated heterocycles. The number of ether oxygens (including phenoxy) is 1. The number of imide groups is 1. The lowest BCUT2D eigenvalue weighted by Gasteiger charge is -2.23. The Hall–Kier alpha value is -2.30. The number of hydrogen-bond donors (Lipinski definition) is 3. The summed E-state index contributed by atoms with van der Waals surface area (Å²) in [6.07, 6.45) is 0. The molecule has 10 heteroatoms. The van der Waals surface area contributed by atoms with Crippen LogP contribution in [0.2, 0.25) is 0 Å². The van der Waals surface area contributed by atoms with Gasteiger partial charge in [0.2, 0.25) is 0 Å². The Morgan fingerprint density at radius 1 is 1.50 bits per heavy atom. The highest BCUT2D eigenvalue weighted by molar-refractivity contribution is 7.13. The highest BCUT2D eigenvalue weighted by Gasteiger charge is 2.28. The highest BCUT2D eigenvalue weighted by Crippen LogP contribution is 2.22. The van der Waals surface area contributed by atoms with Crippen molar-refractivity contribution in [1.29, 1.82) is 0 Å². The molecule has 0 aromatic carbocycles. The molecule has 2 atom stereocenters. The maximum atomic E-state index is 12.0. The van der Waals surface area contributed by atoms with Gasteiger partial charge < -0.3 is 19.8 Å². The lowest BCUT2D eigenvalue weighted by atomic mass is 10.2. The number of quaternary nitrogens is 1. The first-order chi connectivity index (χ1) is 11.5. The Kier molecular flexibility index (Phi) is 6.41. The predicted molar refractivity (Wildman–Crippen MR) is 86.2 cm³/mol. The van der Waals surface area contributed by atoms with Crippen molar-refractivity contribution in [3.63, 3.8) is 0 Å². The average Bonchev–Trinajstić information content (AvgIpc) is 3.21. The Morgan fingerprint density at radius 2 is 2.29 bits per heavy atom. The van der Waals surface area contributed by atoms with Crippen molar-refractivity contribution in [3.8, 4) is 10.8 Å². The third-order valence-electron chi connectivity index (χ3n) is 3.46. The lowest BCUT2D eigenvalue weighted by Crippen LogP contribution is -3.16. The molecule has 130 valence electrons. The van der Waals surface area contributed by atoms with Crippen molar-refractivity contribution in [3.05, 3.63) is 23.4 Å². The summed E-state index contributed by atoms with van der Waals surface area (Å²) in [6, 6.07) is 2.37. The van der Waals surface area contributed by atoms with Gasteiger partial charge >= 0.3 is 6.03 Å². The van der Waals surface area contributed by atoms with Crippen LogP contribution in [-0.4, -0.2) is 48.4 Å². The Labute approximate surface area is 142 Å². The minimum absolute atomic E-state index is 0.328. The quantitative estimate of drug-likeness (QED) is 0.582. The molecule has 0 saturated carbocycles. The molecule has 4 N–H and O–H groups in total. The number of thiophene rings is 1. The molecular weight excluding hydrogens is 334 g/mol. The van der Waals surface area contributed by atoms with Gasteiger partial charge in [0.25, 0.3) is 17.7 Å². The molecule has 2 heterocycles. The van der Waals surface area contributed by atoms with Crippen LogP contribution in [0.1, 0.15) is 12.8 Å². The van der Waals surface area contributed by atoms with Gasteiger partial charge in [-0.1, -0.05) is 6.07 Å². The molecule has 0 bridgehead atoms. The van der Waals surface area contributed by atoms with Crippen molar-refractivity contribution in [2.75, 3.05) is 20.3 Å². The van der Waals surface area contributed by atoms with Gasteiger partial charge in [-0.2, -0.15) is 0 Å². The van der Waals surface area contributed by atoms with Gasteiger partial charge in [0.15, 0.2) is 12.6 Å². The maximum Gasteiger partial charge on any atom is 0.319 e. The zero-order valence-corrected chi connectivity index (χ0v) is 14.3. The second-order valence-electron chi connectivity index (χ2n) is 5.13. The number of urea groups is 1. The molecule has 0 aliphatic heterocycles. The number of hydrogen-bond acceptors (Lipinski definition) is 7. The second-order valence-corrected chi connectivity index (χ2v) is 6.08. The molecule has 2 rings (SSSR count). The molecule has 0 radical (unpaired) electrons. The topological polar surface area (TPSA) is 125 Å². The Morgan fingerprint density at radius 3 is 2.92 bits per heavy atom. The molecule has 0 aliphatic rings. The molecule has 0 spiro atoms. The molecule has 0 fully saturated rings. The minimum atomic E-state index is -0.879. The molecule has 3 amide bonds. The normalized spacial score (nSPS) is 13.4. The summed E-state index contributed by atoms with van der Waals surface area (Å²) in [5.41, 5.74) is 5.00. The summed E-state index contributed by atoms with van der Waals surface area (Å²) in [5.74, 6) is 0.384. The van der Waals surface area contributed by atoms with E-state index in [1.807, 2.05) is 17.5 Å². The van der Waals surface area contributed by atoms with E-state index >= 15 is 0 Å². The van der Waals surface area contributed by atoms with E-state index in [9.17, 15) is 9.59 Å². The Balaban J connectivity index is 2.07. The molecule has 24 heavy (non-hydrogen) atoms. The first-order valence-electron chi connectivity index (χ1n) is 7.31. The monoisotopic (exact) mass is 354 g/mol. The van der Waals surface area contributed by atoms with Crippen molar-refractivity contribution >= 4 is 23.3 Å². The minimum Gasteiger partial charge on any atom is -0.414 e. The summed E-state index contributed by atoms with van der Waals surface area (Å²) in [4.78, 5) is 24.6. The molecule has 2 aromatic rings. The number of nitrogens with one attached hydrogen (secondary N) is 2. The van der Waals surface area contributed by atoms with Crippen LogP contribution >= 0.6 is 11.3 Å².